The summed E-state index contributed by atoms with van der Waals surface area (Å²) in [5.41, 5.74) is 25.0. The van der Waals surface area contributed by atoms with Crippen LogP contribution in [0.5, 0.6) is 0 Å². The van der Waals surface area contributed by atoms with Crippen LogP contribution in [0.4, 0.5) is 45.5 Å². The number of thiophene rings is 2. The summed E-state index contributed by atoms with van der Waals surface area (Å²) < 4.78 is 5.34. The number of fused-ring (bicyclic) bond motifs is 14. The van der Waals surface area contributed by atoms with E-state index in [1.165, 1.54) is 143 Å². The molecule has 0 radical (unpaired) electrons. The first-order valence-electron chi connectivity index (χ1n) is 31.3. The lowest BCUT2D eigenvalue weighted by molar-refractivity contribution is 0.332. The predicted molar refractivity (Wildman–Crippen MR) is 373 cm³/mol. The number of hydrogen-bond acceptors (Lipinski definition) is 5. The Bertz CT molecular complexity index is 4570. The van der Waals surface area contributed by atoms with Crippen LogP contribution in [0.2, 0.25) is 0 Å². The van der Waals surface area contributed by atoms with E-state index in [1.54, 1.807) is 0 Å². The first-order valence-corrected chi connectivity index (χ1v) is 32.9. The van der Waals surface area contributed by atoms with Crippen molar-refractivity contribution in [2.45, 2.75) is 162 Å². The molecular weight excluding hydrogens is 1070 g/mol. The van der Waals surface area contributed by atoms with Gasteiger partial charge in [-0.05, 0) is 199 Å². The lowest BCUT2D eigenvalue weighted by atomic mass is 9.43. The number of anilines is 8. The third kappa shape index (κ3) is 8.30. The van der Waals surface area contributed by atoms with E-state index < -0.39 is 0 Å². The van der Waals surface area contributed by atoms with Crippen LogP contribution < -0.4 is 25.5 Å². The number of hydrogen-bond donors (Lipinski definition) is 0. The molecule has 0 saturated carbocycles. The minimum atomic E-state index is -0.174. The summed E-state index contributed by atoms with van der Waals surface area (Å²) in [6.07, 6.45) is 4.63. The average molecular weight is 1150 g/mol. The molecule has 0 fully saturated rings. The lowest BCUT2D eigenvalue weighted by Gasteiger charge is -2.48. The maximum absolute atomic E-state index is 2.81. The second kappa shape index (κ2) is 18.5. The highest BCUT2D eigenvalue weighted by molar-refractivity contribution is 7.27. The Morgan fingerprint density at radius 3 is 1.60 bits per heavy atom. The van der Waals surface area contributed by atoms with Gasteiger partial charge in [0.2, 0.25) is 0 Å². The summed E-state index contributed by atoms with van der Waals surface area (Å²) in [4.78, 5) is 8.15. The molecule has 15 rings (SSSR count). The Morgan fingerprint density at radius 2 is 0.988 bits per heavy atom. The number of rotatable bonds is 5. The van der Waals surface area contributed by atoms with E-state index in [2.05, 4.69) is 282 Å². The Labute approximate surface area is 513 Å². The van der Waals surface area contributed by atoms with Crippen molar-refractivity contribution in [1.29, 1.82) is 0 Å². The molecule has 2 aliphatic carbocycles. The van der Waals surface area contributed by atoms with Gasteiger partial charge in [0.1, 0.15) is 0 Å². The molecule has 0 atom stereocenters. The summed E-state index contributed by atoms with van der Waals surface area (Å²) in [6, 6.07) is 65.0. The van der Waals surface area contributed by atoms with Crippen molar-refractivity contribution < 1.29 is 0 Å². The standard InChI is InChI=1S/C79H80BN3S2/c1-47-40-60-62(79(14,15)39-38-77(60,10)11)46-65(47)82-66-44-52(81(50-24-20-22-48(41-50)74(2,3)4)51-25-21-23-49(42-51)75(5,6)7)31-34-63(66)80-70-58(45-57-55-27-17-19-29-68(55)85-73(57)71(70)82)69-64(35-32-56-54-26-16-18-28-67(54)84-72(56)69)83(80)53-30-33-59-61(43-53)78(12,13)37-36-76(59,8)9/h16-35,40-46H,36-39H2,1-15H3. The van der Waals surface area contributed by atoms with Crippen molar-refractivity contribution in [3.8, 4) is 11.1 Å². The van der Waals surface area contributed by atoms with Crippen molar-refractivity contribution in [3.05, 3.63) is 203 Å². The maximum atomic E-state index is 2.81. The van der Waals surface area contributed by atoms with Crippen LogP contribution >= 0.6 is 22.7 Å². The highest BCUT2D eigenvalue weighted by atomic mass is 32.1. The fourth-order valence-electron chi connectivity index (χ4n) is 15.5. The molecule has 2 aromatic heterocycles. The van der Waals surface area contributed by atoms with Gasteiger partial charge in [0.25, 0.3) is 0 Å². The minimum Gasteiger partial charge on any atom is -0.376 e. The second-order valence-electron chi connectivity index (χ2n) is 30.3. The molecule has 0 amide bonds. The monoisotopic (exact) mass is 1150 g/mol. The highest BCUT2D eigenvalue weighted by Gasteiger charge is 2.49. The van der Waals surface area contributed by atoms with E-state index in [-0.39, 0.29) is 39.3 Å². The van der Waals surface area contributed by atoms with E-state index in [4.69, 9.17) is 0 Å². The van der Waals surface area contributed by atoms with Crippen molar-refractivity contribution in [2.24, 2.45) is 0 Å². The molecule has 4 aliphatic rings. The predicted octanol–water partition coefficient (Wildman–Crippen LogP) is 22.2. The molecule has 11 aromatic rings. The van der Waals surface area contributed by atoms with Gasteiger partial charge in [0.05, 0.1) is 10.4 Å². The van der Waals surface area contributed by atoms with Crippen LogP contribution in [0.3, 0.4) is 0 Å². The van der Waals surface area contributed by atoms with Crippen LogP contribution in [0.15, 0.2) is 164 Å². The van der Waals surface area contributed by atoms with Crippen molar-refractivity contribution >= 4 is 126 Å². The molecule has 3 nitrogen and oxygen atoms in total. The van der Waals surface area contributed by atoms with Gasteiger partial charge in [-0.1, -0.05) is 182 Å². The van der Waals surface area contributed by atoms with E-state index in [9.17, 15) is 0 Å². The average Bonchev–Trinajstić information content (AvgIpc) is 1.67. The highest BCUT2D eigenvalue weighted by Crippen LogP contribution is 2.58. The van der Waals surface area contributed by atoms with Crippen LogP contribution in [0, 0.1) is 6.92 Å². The fourth-order valence-corrected chi connectivity index (χ4v) is 18.0. The van der Waals surface area contributed by atoms with Gasteiger partial charge in [-0.25, -0.2) is 0 Å². The third-order valence-corrected chi connectivity index (χ3v) is 23.2. The smallest absolute Gasteiger partial charge is 0.333 e. The van der Waals surface area contributed by atoms with Crippen molar-refractivity contribution in [2.75, 3.05) is 14.6 Å². The number of benzene rings is 9. The molecule has 426 valence electrons. The normalized spacial score (nSPS) is 17.2. The SMILES string of the molecule is Cc1cc2c(cc1N1c3cc(N(c4cccc(C(C)(C)C)c4)c4cccc(C(C)(C)C)c4)ccc3B3c4c(cc5c(sc6ccccc65)c41)-c1c(ccc4c1sc1ccccc14)N3c1ccc3c(c1)C(C)(C)CCC3(C)C)C(C)(C)CCC2(C)C. The molecule has 9 aromatic carbocycles. The topological polar surface area (TPSA) is 9.72 Å². The lowest BCUT2D eigenvalue weighted by Crippen LogP contribution is -2.61. The van der Waals surface area contributed by atoms with Crippen LogP contribution in [-0.2, 0) is 32.5 Å². The van der Waals surface area contributed by atoms with Gasteiger partial charge in [-0.2, -0.15) is 0 Å². The Morgan fingerprint density at radius 1 is 0.447 bits per heavy atom. The Balaban J connectivity index is 1.11. The zero-order chi connectivity index (χ0) is 59.2. The third-order valence-electron chi connectivity index (χ3n) is 20.8. The second-order valence-corrected chi connectivity index (χ2v) is 32.4. The Hall–Kier alpha value is -7.12. The molecule has 2 aliphatic heterocycles. The van der Waals surface area contributed by atoms with E-state index >= 15 is 0 Å². The first-order chi connectivity index (χ1) is 40.3. The van der Waals surface area contributed by atoms with Crippen LogP contribution in [0.25, 0.3) is 51.5 Å². The van der Waals surface area contributed by atoms with Crippen LogP contribution in [-0.4, -0.2) is 6.85 Å². The van der Waals surface area contributed by atoms with Crippen molar-refractivity contribution in [1.82, 2.24) is 0 Å². The fraction of sp³-hybridized carbons (Fsp3) is 0.316. The Kier molecular flexibility index (Phi) is 11.8. The molecule has 4 heterocycles. The van der Waals surface area contributed by atoms with Crippen LogP contribution in [0.1, 0.15) is 162 Å². The summed E-state index contributed by atoms with van der Waals surface area (Å²) in [5, 5.41) is 5.30. The minimum absolute atomic E-state index is 0.0103. The molecule has 6 heteroatoms. The molecule has 85 heavy (non-hydrogen) atoms. The summed E-state index contributed by atoms with van der Waals surface area (Å²) in [5.74, 6) is 0. The van der Waals surface area contributed by atoms with Gasteiger partial charge < -0.3 is 14.6 Å². The largest absolute Gasteiger partial charge is 0.376 e. The zero-order valence-corrected chi connectivity index (χ0v) is 54.3. The van der Waals surface area contributed by atoms with Gasteiger partial charge in [-0.3, -0.25) is 0 Å². The van der Waals surface area contributed by atoms with E-state index in [1.807, 2.05) is 22.7 Å². The molecular formula is C79H80BN3S2. The van der Waals surface area contributed by atoms with E-state index in [0.717, 1.165) is 29.9 Å². The number of aryl methyl sites for hydroxylation is 1. The molecule has 0 N–H and O–H groups in total. The van der Waals surface area contributed by atoms with Gasteiger partial charge in [0.15, 0.2) is 0 Å². The summed E-state index contributed by atoms with van der Waals surface area (Å²) >= 11 is 3.94. The van der Waals surface area contributed by atoms with Gasteiger partial charge >= 0.3 is 6.85 Å². The summed E-state index contributed by atoms with van der Waals surface area (Å²) in [6.45, 7) is 36.1. The maximum Gasteiger partial charge on any atom is 0.333 e. The number of nitrogens with zero attached hydrogens (tertiary/aromatic N) is 3. The van der Waals surface area contributed by atoms with Gasteiger partial charge in [0, 0.05) is 81.0 Å². The van der Waals surface area contributed by atoms with Gasteiger partial charge in [-0.15, -0.1) is 22.7 Å². The quantitative estimate of drug-likeness (QED) is 0.159. The summed E-state index contributed by atoms with van der Waals surface area (Å²) in [7, 11) is 0. The first kappa shape index (κ1) is 54.5. The molecule has 0 saturated heterocycles. The van der Waals surface area contributed by atoms with E-state index in [0.29, 0.717) is 0 Å². The van der Waals surface area contributed by atoms with Crippen molar-refractivity contribution in [3.63, 3.8) is 0 Å². The molecule has 0 bridgehead atoms. The zero-order valence-electron chi connectivity index (χ0n) is 52.7. The molecule has 0 spiro atoms. The molecule has 0 unspecified atom stereocenters.